The molecule has 0 aromatic rings. The SMILES string of the molecule is NC(CO)(C(=O)O)C1CCCC1. The first-order chi connectivity index (χ1) is 5.61. The highest BCUT2D eigenvalue weighted by atomic mass is 16.4. The summed E-state index contributed by atoms with van der Waals surface area (Å²) in [5, 5.41) is 17.7. The van der Waals surface area contributed by atoms with E-state index in [4.69, 9.17) is 15.9 Å². The summed E-state index contributed by atoms with van der Waals surface area (Å²) in [6.07, 6.45) is 3.69. The quantitative estimate of drug-likeness (QED) is 0.558. The van der Waals surface area contributed by atoms with Crippen molar-refractivity contribution in [3.8, 4) is 0 Å². The maximum atomic E-state index is 10.8. The number of aliphatic carboxylic acids is 1. The fourth-order valence-electron chi connectivity index (χ4n) is 1.81. The van der Waals surface area contributed by atoms with E-state index >= 15 is 0 Å². The summed E-state index contributed by atoms with van der Waals surface area (Å²) in [6.45, 7) is -0.465. The van der Waals surface area contributed by atoms with E-state index in [0.717, 1.165) is 25.7 Å². The van der Waals surface area contributed by atoms with Gasteiger partial charge >= 0.3 is 5.97 Å². The topological polar surface area (TPSA) is 83.5 Å². The van der Waals surface area contributed by atoms with E-state index in [9.17, 15) is 4.79 Å². The molecule has 70 valence electrons. The fourth-order valence-corrected chi connectivity index (χ4v) is 1.81. The molecular weight excluding hydrogens is 158 g/mol. The van der Waals surface area contributed by atoms with Crippen molar-refractivity contribution in [1.29, 1.82) is 0 Å². The number of carboxylic acids is 1. The molecule has 0 radical (unpaired) electrons. The molecule has 4 heteroatoms. The van der Waals surface area contributed by atoms with Gasteiger partial charge in [0.05, 0.1) is 6.61 Å². The summed E-state index contributed by atoms with van der Waals surface area (Å²) < 4.78 is 0. The second-order valence-electron chi connectivity index (χ2n) is 3.49. The lowest BCUT2D eigenvalue weighted by Gasteiger charge is -2.28. The van der Waals surface area contributed by atoms with E-state index in [-0.39, 0.29) is 5.92 Å². The number of nitrogens with two attached hydrogens (primary N) is 1. The van der Waals surface area contributed by atoms with Crippen LogP contribution in [0.4, 0.5) is 0 Å². The maximum Gasteiger partial charge on any atom is 0.326 e. The van der Waals surface area contributed by atoms with Gasteiger partial charge in [0.1, 0.15) is 5.54 Å². The molecule has 1 rings (SSSR count). The molecule has 0 bridgehead atoms. The third-order valence-electron chi connectivity index (χ3n) is 2.74. The predicted molar refractivity (Wildman–Crippen MR) is 43.6 cm³/mol. The van der Waals surface area contributed by atoms with Crippen LogP contribution >= 0.6 is 0 Å². The minimum atomic E-state index is -1.41. The second kappa shape index (κ2) is 3.41. The summed E-state index contributed by atoms with van der Waals surface area (Å²) in [5.74, 6) is -1.14. The Hall–Kier alpha value is -0.610. The Morgan fingerprint density at radius 1 is 1.50 bits per heavy atom. The van der Waals surface area contributed by atoms with E-state index in [2.05, 4.69) is 0 Å². The number of carboxylic acid groups (broad SMARTS) is 1. The third-order valence-corrected chi connectivity index (χ3v) is 2.74. The number of aliphatic hydroxyl groups is 1. The van der Waals surface area contributed by atoms with Crippen molar-refractivity contribution in [2.24, 2.45) is 11.7 Å². The van der Waals surface area contributed by atoms with Crippen molar-refractivity contribution in [3.63, 3.8) is 0 Å². The van der Waals surface area contributed by atoms with Crippen molar-refractivity contribution >= 4 is 5.97 Å². The van der Waals surface area contributed by atoms with Crippen molar-refractivity contribution in [2.75, 3.05) is 6.61 Å². The molecule has 0 aromatic heterocycles. The molecule has 1 saturated carbocycles. The average Bonchev–Trinajstić information content (AvgIpc) is 2.54. The Morgan fingerprint density at radius 3 is 2.33 bits per heavy atom. The van der Waals surface area contributed by atoms with Crippen LogP contribution in [0.25, 0.3) is 0 Å². The van der Waals surface area contributed by atoms with Crippen LogP contribution in [0, 0.1) is 5.92 Å². The summed E-state index contributed by atoms with van der Waals surface area (Å²) in [7, 11) is 0. The lowest BCUT2D eigenvalue weighted by molar-refractivity contribution is -0.147. The number of aliphatic hydroxyl groups excluding tert-OH is 1. The van der Waals surface area contributed by atoms with Gasteiger partial charge in [0.2, 0.25) is 0 Å². The third kappa shape index (κ3) is 1.44. The molecule has 0 saturated heterocycles. The molecule has 1 atom stereocenters. The lowest BCUT2D eigenvalue weighted by Crippen LogP contribution is -2.56. The summed E-state index contributed by atoms with van der Waals surface area (Å²) in [5.41, 5.74) is 4.19. The lowest BCUT2D eigenvalue weighted by atomic mass is 9.84. The Labute approximate surface area is 71.4 Å². The van der Waals surface area contributed by atoms with Gasteiger partial charge < -0.3 is 15.9 Å². The van der Waals surface area contributed by atoms with Crippen LogP contribution in [-0.2, 0) is 4.79 Å². The van der Waals surface area contributed by atoms with E-state index in [1.54, 1.807) is 0 Å². The Bertz CT molecular complexity index is 177. The molecule has 0 aliphatic heterocycles. The molecule has 0 aromatic carbocycles. The zero-order valence-corrected chi connectivity index (χ0v) is 6.99. The van der Waals surface area contributed by atoms with Crippen LogP contribution in [0.5, 0.6) is 0 Å². The minimum Gasteiger partial charge on any atom is -0.480 e. The van der Waals surface area contributed by atoms with Crippen molar-refractivity contribution in [3.05, 3.63) is 0 Å². The standard InChI is InChI=1S/C8H15NO3/c9-8(5-10,7(11)12)6-3-1-2-4-6/h6,10H,1-5,9H2,(H,11,12). The normalized spacial score (nSPS) is 23.8. The Kier molecular flexibility index (Phi) is 2.69. The van der Waals surface area contributed by atoms with Crippen LogP contribution < -0.4 is 5.73 Å². The number of hydrogen-bond acceptors (Lipinski definition) is 3. The molecular formula is C8H15NO3. The zero-order valence-electron chi connectivity index (χ0n) is 6.99. The first-order valence-corrected chi connectivity index (χ1v) is 4.24. The highest BCUT2D eigenvalue weighted by Crippen LogP contribution is 2.32. The molecule has 1 unspecified atom stereocenters. The first-order valence-electron chi connectivity index (χ1n) is 4.24. The first kappa shape index (κ1) is 9.48. The Balaban J connectivity index is 2.70. The van der Waals surface area contributed by atoms with Crippen molar-refractivity contribution in [1.82, 2.24) is 0 Å². The smallest absolute Gasteiger partial charge is 0.326 e. The van der Waals surface area contributed by atoms with Gasteiger partial charge in [-0.1, -0.05) is 12.8 Å². The molecule has 1 fully saturated rings. The van der Waals surface area contributed by atoms with Gasteiger partial charge in [-0.2, -0.15) is 0 Å². The fraction of sp³-hybridized carbons (Fsp3) is 0.875. The largest absolute Gasteiger partial charge is 0.480 e. The van der Waals surface area contributed by atoms with Gasteiger partial charge in [0, 0.05) is 0 Å². The molecule has 4 N–H and O–H groups in total. The van der Waals surface area contributed by atoms with Crippen LogP contribution in [-0.4, -0.2) is 28.3 Å². The monoisotopic (exact) mass is 173 g/mol. The minimum absolute atomic E-state index is 0.0556. The molecule has 0 spiro atoms. The summed E-state index contributed by atoms with van der Waals surface area (Å²) >= 11 is 0. The molecule has 4 nitrogen and oxygen atoms in total. The molecule has 1 aliphatic rings. The van der Waals surface area contributed by atoms with Crippen LogP contribution in [0.3, 0.4) is 0 Å². The highest BCUT2D eigenvalue weighted by molar-refractivity contribution is 5.79. The summed E-state index contributed by atoms with van der Waals surface area (Å²) in [4.78, 5) is 10.8. The van der Waals surface area contributed by atoms with Gasteiger partial charge in [0.25, 0.3) is 0 Å². The van der Waals surface area contributed by atoms with Gasteiger partial charge in [-0.15, -0.1) is 0 Å². The molecule has 0 amide bonds. The molecule has 12 heavy (non-hydrogen) atoms. The predicted octanol–water partition coefficient (Wildman–Crippen LogP) is -0.0490. The highest BCUT2D eigenvalue weighted by Gasteiger charge is 2.42. The van der Waals surface area contributed by atoms with E-state index in [1.807, 2.05) is 0 Å². The Morgan fingerprint density at radius 2 is 2.00 bits per heavy atom. The van der Waals surface area contributed by atoms with E-state index in [1.165, 1.54) is 0 Å². The van der Waals surface area contributed by atoms with Gasteiger partial charge in [-0.25, -0.2) is 0 Å². The number of hydrogen-bond donors (Lipinski definition) is 3. The second-order valence-corrected chi connectivity index (χ2v) is 3.49. The van der Waals surface area contributed by atoms with Gasteiger partial charge in [0.15, 0.2) is 0 Å². The summed E-state index contributed by atoms with van der Waals surface area (Å²) in [6, 6.07) is 0. The van der Waals surface area contributed by atoms with Crippen LogP contribution in [0.1, 0.15) is 25.7 Å². The van der Waals surface area contributed by atoms with Crippen molar-refractivity contribution in [2.45, 2.75) is 31.2 Å². The van der Waals surface area contributed by atoms with Gasteiger partial charge in [-0.05, 0) is 18.8 Å². The maximum absolute atomic E-state index is 10.8. The zero-order chi connectivity index (χ0) is 9.19. The van der Waals surface area contributed by atoms with Crippen LogP contribution in [0.15, 0.2) is 0 Å². The van der Waals surface area contributed by atoms with E-state index < -0.39 is 18.1 Å². The van der Waals surface area contributed by atoms with Crippen LogP contribution in [0.2, 0.25) is 0 Å². The van der Waals surface area contributed by atoms with Crippen molar-refractivity contribution < 1.29 is 15.0 Å². The molecule has 1 aliphatic carbocycles. The molecule has 0 heterocycles. The van der Waals surface area contributed by atoms with Gasteiger partial charge in [-0.3, -0.25) is 4.79 Å². The average molecular weight is 173 g/mol. The number of rotatable bonds is 3. The van der Waals surface area contributed by atoms with E-state index in [0.29, 0.717) is 0 Å². The number of carbonyl (C=O) groups is 1.